The standard InChI is InChI=1S/C24H25N3O3S/c25-15-17-5-8-20(9-6-17)31(29,30)26-19-7-10-22-21(13-19)24(11-1-2-12-24)14-23(28)27(22)16-18-3-4-18/h5-10,13,18,26H,1-4,11-12,14,16H2. The summed E-state index contributed by atoms with van der Waals surface area (Å²) in [7, 11) is -3.77. The fourth-order valence-corrected chi connectivity index (χ4v) is 6.10. The van der Waals surface area contributed by atoms with Gasteiger partial charge in [-0.05, 0) is 79.6 Å². The van der Waals surface area contributed by atoms with Crippen LogP contribution in [0.3, 0.4) is 0 Å². The first-order chi connectivity index (χ1) is 14.9. The Morgan fingerprint density at radius 2 is 1.81 bits per heavy atom. The average molecular weight is 436 g/mol. The van der Waals surface area contributed by atoms with Gasteiger partial charge in [0.05, 0.1) is 16.5 Å². The SMILES string of the molecule is N#Cc1ccc(S(=O)(=O)Nc2ccc3c(c2)C2(CCCC2)CC(=O)N3CC2CC2)cc1. The highest BCUT2D eigenvalue weighted by atomic mass is 32.2. The zero-order chi connectivity index (χ0) is 21.6. The van der Waals surface area contributed by atoms with Crippen molar-refractivity contribution >= 4 is 27.3 Å². The van der Waals surface area contributed by atoms with Gasteiger partial charge in [-0.2, -0.15) is 5.26 Å². The van der Waals surface area contributed by atoms with E-state index >= 15 is 0 Å². The molecule has 160 valence electrons. The van der Waals surface area contributed by atoms with Crippen molar-refractivity contribution in [3.8, 4) is 6.07 Å². The van der Waals surface area contributed by atoms with Crippen molar-refractivity contribution in [1.29, 1.82) is 5.26 Å². The number of benzene rings is 2. The molecule has 1 heterocycles. The third-order valence-corrected chi connectivity index (χ3v) is 8.29. The van der Waals surface area contributed by atoms with Crippen LogP contribution in [0.2, 0.25) is 0 Å². The topological polar surface area (TPSA) is 90.3 Å². The van der Waals surface area contributed by atoms with Crippen LogP contribution in [-0.4, -0.2) is 20.9 Å². The lowest BCUT2D eigenvalue weighted by atomic mass is 9.72. The predicted molar refractivity (Wildman–Crippen MR) is 118 cm³/mol. The van der Waals surface area contributed by atoms with Crippen LogP contribution in [0.15, 0.2) is 47.4 Å². The Morgan fingerprint density at radius 1 is 1.10 bits per heavy atom. The van der Waals surface area contributed by atoms with Crippen LogP contribution in [0.1, 0.15) is 56.1 Å². The number of anilines is 2. The summed E-state index contributed by atoms with van der Waals surface area (Å²) in [5.41, 5.74) is 2.80. The smallest absolute Gasteiger partial charge is 0.261 e. The zero-order valence-electron chi connectivity index (χ0n) is 17.3. The highest BCUT2D eigenvalue weighted by Gasteiger charge is 2.45. The summed E-state index contributed by atoms with van der Waals surface area (Å²) in [6.45, 7) is 0.762. The van der Waals surface area contributed by atoms with Gasteiger partial charge in [0.1, 0.15) is 0 Å². The second-order valence-corrected chi connectivity index (χ2v) is 10.8. The summed E-state index contributed by atoms with van der Waals surface area (Å²) in [5.74, 6) is 0.788. The number of amides is 1. The number of nitrogens with one attached hydrogen (secondary N) is 1. The Balaban J connectivity index is 1.50. The number of hydrogen-bond donors (Lipinski definition) is 1. The van der Waals surface area contributed by atoms with Crippen molar-refractivity contribution in [2.75, 3.05) is 16.2 Å². The number of sulfonamides is 1. The maximum Gasteiger partial charge on any atom is 0.261 e. The molecule has 0 atom stereocenters. The van der Waals surface area contributed by atoms with E-state index in [4.69, 9.17) is 5.26 Å². The quantitative estimate of drug-likeness (QED) is 0.757. The molecule has 2 aromatic rings. The molecular weight excluding hydrogens is 410 g/mol. The van der Waals surface area contributed by atoms with Crippen LogP contribution in [0.25, 0.3) is 0 Å². The first-order valence-electron chi connectivity index (χ1n) is 10.9. The van der Waals surface area contributed by atoms with E-state index in [9.17, 15) is 13.2 Å². The van der Waals surface area contributed by atoms with E-state index in [1.165, 1.54) is 37.1 Å². The van der Waals surface area contributed by atoms with Crippen LogP contribution in [0, 0.1) is 17.2 Å². The molecule has 0 saturated heterocycles. The lowest BCUT2D eigenvalue weighted by molar-refractivity contribution is -0.120. The van der Waals surface area contributed by atoms with Crippen molar-refractivity contribution < 1.29 is 13.2 Å². The second kappa shape index (κ2) is 7.38. The largest absolute Gasteiger partial charge is 0.312 e. The number of carbonyl (C=O) groups is 1. The van der Waals surface area contributed by atoms with Crippen molar-refractivity contribution in [2.24, 2.45) is 5.92 Å². The summed E-state index contributed by atoms with van der Waals surface area (Å²) in [6, 6.07) is 13.5. The maximum absolute atomic E-state index is 13.0. The fraction of sp³-hybridized carbons (Fsp3) is 0.417. The van der Waals surface area contributed by atoms with Crippen LogP contribution in [0.5, 0.6) is 0 Å². The molecule has 1 amide bonds. The number of nitrogens with zero attached hydrogens (tertiary/aromatic N) is 2. The molecule has 7 heteroatoms. The van der Waals surface area contributed by atoms with Crippen LogP contribution >= 0.6 is 0 Å². The van der Waals surface area contributed by atoms with Gasteiger partial charge in [0, 0.05) is 29.8 Å². The van der Waals surface area contributed by atoms with Gasteiger partial charge in [0.2, 0.25) is 5.91 Å². The molecule has 31 heavy (non-hydrogen) atoms. The minimum atomic E-state index is -3.77. The van der Waals surface area contributed by atoms with Gasteiger partial charge in [-0.3, -0.25) is 9.52 Å². The molecule has 3 aliphatic rings. The van der Waals surface area contributed by atoms with Gasteiger partial charge in [0.15, 0.2) is 0 Å². The highest BCUT2D eigenvalue weighted by Crippen LogP contribution is 2.51. The van der Waals surface area contributed by atoms with E-state index in [-0.39, 0.29) is 16.2 Å². The average Bonchev–Trinajstić information content (AvgIpc) is 3.47. The van der Waals surface area contributed by atoms with Gasteiger partial charge in [-0.1, -0.05) is 12.8 Å². The van der Waals surface area contributed by atoms with E-state index in [0.29, 0.717) is 23.6 Å². The third-order valence-electron chi connectivity index (χ3n) is 6.89. The van der Waals surface area contributed by atoms with Gasteiger partial charge in [0.25, 0.3) is 10.0 Å². The van der Waals surface area contributed by atoms with Crippen LogP contribution in [0.4, 0.5) is 11.4 Å². The lowest BCUT2D eigenvalue weighted by Gasteiger charge is -2.41. The maximum atomic E-state index is 13.0. The Bertz CT molecular complexity index is 1170. The normalized spacial score (nSPS) is 19.8. The summed E-state index contributed by atoms with van der Waals surface area (Å²) >= 11 is 0. The van der Waals surface area contributed by atoms with E-state index in [0.717, 1.165) is 43.5 Å². The Morgan fingerprint density at radius 3 is 2.45 bits per heavy atom. The Kier molecular flexibility index (Phi) is 4.78. The number of rotatable bonds is 5. The first kappa shape index (κ1) is 20.1. The van der Waals surface area contributed by atoms with Crippen molar-refractivity contribution in [2.45, 2.75) is 55.3 Å². The lowest BCUT2D eigenvalue weighted by Crippen LogP contribution is -2.44. The number of fused-ring (bicyclic) bond motifs is 2. The van der Waals surface area contributed by atoms with Gasteiger partial charge >= 0.3 is 0 Å². The van der Waals surface area contributed by atoms with Gasteiger partial charge in [-0.15, -0.1) is 0 Å². The highest BCUT2D eigenvalue weighted by molar-refractivity contribution is 7.92. The summed E-state index contributed by atoms with van der Waals surface area (Å²) in [5, 5.41) is 8.94. The molecule has 1 aliphatic heterocycles. The molecule has 5 rings (SSSR count). The van der Waals surface area contributed by atoms with Gasteiger partial charge < -0.3 is 4.90 Å². The Labute approximate surface area is 182 Å². The van der Waals surface area contributed by atoms with Crippen LogP contribution < -0.4 is 9.62 Å². The molecule has 2 aliphatic carbocycles. The van der Waals surface area contributed by atoms with E-state index < -0.39 is 10.0 Å². The molecule has 2 fully saturated rings. The Hall–Kier alpha value is -2.85. The third kappa shape index (κ3) is 3.70. The minimum absolute atomic E-state index is 0.116. The summed E-state index contributed by atoms with van der Waals surface area (Å²) in [4.78, 5) is 15.1. The van der Waals surface area contributed by atoms with Crippen LogP contribution in [-0.2, 0) is 20.2 Å². The molecule has 1 spiro atoms. The molecular formula is C24H25N3O3S. The fourth-order valence-electron chi connectivity index (χ4n) is 5.05. The number of carbonyl (C=O) groups excluding carboxylic acids is 1. The molecule has 1 N–H and O–H groups in total. The molecule has 0 unspecified atom stereocenters. The second-order valence-electron chi connectivity index (χ2n) is 9.09. The van der Waals surface area contributed by atoms with E-state index in [2.05, 4.69) is 4.72 Å². The minimum Gasteiger partial charge on any atom is -0.312 e. The molecule has 0 bridgehead atoms. The van der Waals surface area contributed by atoms with E-state index in [1.54, 1.807) is 6.07 Å². The molecule has 0 radical (unpaired) electrons. The zero-order valence-corrected chi connectivity index (χ0v) is 18.1. The molecule has 6 nitrogen and oxygen atoms in total. The van der Waals surface area contributed by atoms with Crippen molar-refractivity contribution in [3.63, 3.8) is 0 Å². The molecule has 0 aromatic heterocycles. The van der Waals surface area contributed by atoms with Crippen molar-refractivity contribution in [1.82, 2.24) is 0 Å². The first-order valence-corrected chi connectivity index (χ1v) is 12.4. The van der Waals surface area contributed by atoms with Gasteiger partial charge in [-0.25, -0.2) is 8.42 Å². The summed E-state index contributed by atoms with van der Waals surface area (Å²) in [6.07, 6.45) is 6.98. The van der Waals surface area contributed by atoms with Crippen molar-refractivity contribution in [3.05, 3.63) is 53.6 Å². The monoisotopic (exact) mass is 435 g/mol. The molecule has 2 saturated carbocycles. The number of hydrogen-bond acceptors (Lipinski definition) is 4. The van der Waals surface area contributed by atoms with E-state index in [1.807, 2.05) is 23.1 Å². The number of nitriles is 1. The molecule has 2 aromatic carbocycles. The summed E-state index contributed by atoms with van der Waals surface area (Å²) < 4.78 is 28.5. The predicted octanol–water partition coefficient (Wildman–Crippen LogP) is 4.32.